The molecule has 6 rings (SSSR count). The monoisotopic (exact) mass is 515 g/mol. The molecule has 2 aliphatic rings. The van der Waals surface area contributed by atoms with Crippen molar-refractivity contribution in [3.05, 3.63) is 71.4 Å². The van der Waals surface area contributed by atoms with Crippen molar-refractivity contribution < 1.29 is 14.3 Å². The first-order valence-corrected chi connectivity index (χ1v) is 12.8. The topological polar surface area (TPSA) is 98.0 Å². The second kappa shape index (κ2) is 9.70. The van der Waals surface area contributed by atoms with Gasteiger partial charge in [0.15, 0.2) is 0 Å². The van der Waals surface area contributed by atoms with E-state index in [2.05, 4.69) is 25.4 Å². The smallest absolute Gasteiger partial charge is 0.254 e. The molecule has 0 saturated carbocycles. The van der Waals surface area contributed by atoms with Crippen LogP contribution < -0.4 is 15.5 Å². The van der Waals surface area contributed by atoms with Crippen LogP contribution in [0.4, 0.5) is 21.6 Å². The van der Waals surface area contributed by atoms with E-state index in [1.807, 2.05) is 42.8 Å². The summed E-state index contributed by atoms with van der Waals surface area (Å²) in [6, 6.07) is 10.6. The van der Waals surface area contributed by atoms with Crippen LogP contribution in [-0.2, 0) is 13.1 Å². The maximum absolute atomic E-state index is 13.7. The summed E-state index contributed by atoms with van der Waals surface area (Å²) in [4.78, 5) is 26.5. The number of rotatable bonds is 6. The van der Waals surface area contributed by atoms with Crippen molar-refractivity contribution in [1.29, 1.82) is 0 Å². The number of imidazole rings is 1. The van der Waals surface area contributed by atoms with Crippen LogP contribution in [0.25, 0.3) is 16.9 Å². The highest BCUT2D eigenvalue weighted by molar-refractivity contribution is 6.06. The number of halogens is 1. The van der Waals surface area contributed by atoms with E-state index in [0.717, 1.165) is 47.6 Å². The van der Waals surface area contributed by atoms with Gasteiger partial charge in [0, 0.05) is 44.0 Å². The first-order chi connectivity index (χ1) is 18.4. The summed E-state index contributed by atoms with van der Waals surface area (Å²) >= 11 is 0. The molecule has 4 aromatic rings. The molecule has 1 saturated heterocycles. The van der Waals surface area contributed by atoms with Crippen molar-refractivity contribution in [3.63, 3.8) is 0 Å². The SMILES string of the molecule is CN(C)Cc1nc(Nc2ccc(-c3cnc4cc(F)ccn34)c3c2C(=O)NC3)ccc1N1CCC[C@@H](O)C1. The molecule has 0 bridgehead atoms. The Labute approximate surface area is 219 Å². The number of hydrogen-bond acceptors (Lipinski definition) is 7. The van der Waals surface area contributed by atoms with E-state index in [0.29, 0.717) is 42.4 Å². The van der Waals surface area contributed by atoms with Crippen molar-refractivity contribution >= 4 is 28.7 Å². The number of aromatic nitrogens is 3. The highest BCUT2D eigenvalue weighted by Gasteiger charge is 2.28. The fourth-order valence-corrected chi connectivity index (χ4v) is 5.43. The van der Waals surface area contributed by atoms with Gasteiger partial charge in [-0.25, -0.2) is 14.4 Å². The Kier molecular flexibility index (Phi) is 6.21. The number of aliphatic hydroxyl groups is 1. The van der Waals surface area contributed by atoms with Gasteiger partial charge in [0.25, 0.3) is 5.91 Å². The molecule has 1 amide bonds. The molecule has 0 unspecified atom stereocenters. The molecule has 1 aromatic carbocycles. The number of pyridine rings is 2. The predicted octanol–water partition coefficient (Wildman–Crippen LogP) is 3.55. The van der Waals surface area contributed by atoms with Crippen molar-refractivity contribution in [2.75, 3.05) is 37.4 Å². The largest absolute Gasteiger partial charge is 0.391 e. The van der Waals surface area contributed by atoms with Gasteiger partial charge in [-0.15, -0.1) is 0 Å². The maximum Gasteiger partial charge on any atom is 0.254 e. The fourth-order valence-electron chi connectivity index (χ4n) is 5.43. The summed E-state index contributed by atoms with van der Waals surface area (Å²) in [5.41, 5.74) is 6.18. The van der Waals surface area contributed by atoms with Crippen LogP contribution in [0.1, 0.15) is 34.5 Å². The van der Waals surface area contributed by atoms with Gasteiger partial charge >= 0.3 is 0 Å². The van der Waals surface area contributed by atoms with Crippen molar-refractivity contribution in [2.24, 2.45) is 0 Å². The number of β-amino-alcohol motifs (C(OH)–C–C–N with tert-alkyl or cyclic N) is 1. The number of benzene rings is 1. The third-order valence-corrected chi connectivity index (χ3v) is 7.13. The number of hydrogen-bond donors (Lipinski definition) is 3. The van der Waals surface area contributed by atoms with Crippen LogP contribution in [0.5, 0.6) is 0 Å². The lowest BCUT2D eigenvalue weighted by Crippen LogP contribution is -2.39. The van der Waals surface area contributed by atoms with Crippen molar-refractivity contribution in [1.82, 2.24) is 24.6 Å². The standard InChI is InChI=1S/C28H30FN7O2/c1-34(2)16-22-23(35-10-3-4-18(37)15-35)7-8-25(33-22)32-21-6-5-19(20-13-31-28(38)27(20)21)24-14-30-26-12-17(29)9-11-36(24)26/h5-9,11-12,14,18,37H,3-4,10,13,15-16H2,1-2H3,(H,31,38)(H,32,33)/t18-/m1/s1. The van der Waals surface area contributed by atoms with Gasteiger partial charge < -0.3 is 25.5 Å². The van der Waals surface area contributed by atoms with Gasteiger partial charge in [0.1, 0.15) is 17.3 Å². The quantitative estimate of drug-likeness (QED) is 0.361. The lowest BCUT2D eigenvalue weighted by atomic mass is 9.99. The first kappa shape index (κ1) is 24.3. The van der Waals surface area contributed by atoms with E-state index < -0.39 is 0 Å². The summed E-state index contributed by atoms with van der Waals surface area (Å²) in [6.45, 7) is 2.52. The van der Waals surface area contributed by atoms with E-state index in [4.69, 9.17) is 4.98 Å². The summed E-state index contributed by atoms with van der Waals surface area (Å²) in [5, 5.41) is 16.5. The molecule has 3 N–H and O–H groups in total. The van der Waals surface area contributed by atoms with Crippen LogP contribution in [0.3, 0.4) is 0 Å². The number of piperidine rings is 1. The third kappa shape index (κ3) is 4.46. The molecule has 9 nitrogen and oxygen atoms in total. The van der Waals surface area contributed by atoms with Gasteiger partial charge in [-0.2, -0.15) is 0 Å². The number of fused-ring (bicyclic) bond motifs is 2. The van der Waals surface area contributed by atoms with Crippen molar-refractivity contribution in [2.45, 2.75) is 32.0 Å². The summed E-state index contributed by atoms with van der Waals surface area (Å²) in [5.74, 6) is 0.139. The minimum absolute atomic E-state index is 0.156. The zero-order chi connectivity index (χ0) is 26.4. The van der Waals surface area contributed by atoms with E-state index in [1.54, 1.807) is 12.4 Å². The number of amides is 1. The predicted molar refractivity (Wildman–Crippen MR) is 144 cm³/mol. The highest BCUT2D eigenvalue weighted by atomic mass is 19.1. The Morgan fingerprint density at radius 1 is 1.24 bits per heavy atom. The Morgan fingerprint density at radius 2 is 2.11 bits per heavy atom. The average molecular weight is 516 g/mol. The van der Waals surface area contributed by atoms with Crippen LogP contribution >= 0.6 is 0 Å². The van der Waals surface area contributed by atoms with Crippen LogP contribution in [0.15, 0.2) is 48.8 Å². The van der Waals surface area contributed by atoms with E-state index in [-0.39, 0.29) is 17.8 Å². The molecule has 38 heavy (non-hydrogen) atoms. The average Bonchev–Trinajstić information content (AvgIpc) is 3.48. The number of nitrogens with one attached hydrogen (secondary N) is 2. The fraction of sp³-hybridized carbons (Fsp3) is 0.321. The number of carbonyl (C=O) groups excluding carboxylic acids is 1. The summed E-state index contributed by atoms with van der Waals surface area (Å²) in [6.07, 6.45) is 4.78. The molecule has 1 fully saturated rings. The summed E-state index contributed by atoms with van der Waals surface area (Å²) in [7, 11) is 4.00. The zero-order valence-electron chi connectivity index (χ0n) is 21.4. The Balaban J connectivity index is 1.36. The van der Waals surface area contributed by atoms with Crippen LogP contribution in [0, 0.1) is 5.82 Å². The second-order valence-electron chi connectivity index (χ2n) is 10.2. The molecule has 5 heterocycles. The molecule has 10 heteroatoms. The summed E-state index contributed by atoms with van der Waals surface area (Å²) < 4.78 is 15.5. The third-order valence-electron chi connectivity index (χ3n) is 7.13. The van der Waals surface area contributed by atoms with Crippen LogP contribution in [-0.4, -0.2) is 63.6 Å². The van der Waals surface area contributed by atoms with Gasteiger partial charge in [0.2, 0.25) is 0 Å². The number of nitrogens with zero attached hydrogens (tertiary/aromatic N) is 5. The van der Waals surface area contributed by atoms with Crippen LogP contribution in [0.2, 0.25) is 0 Å². The molecule has 0 spiro atoms. The molecule has 1 atom stereocenters. The molecule has 3 aromatic heterocycles. The molecule has 0 aliphatic carbocycles. The number of carbonyl (C=O) groups is 1. The second-order valence-corrected chi connectivity index (χ2v) is 10.2. The lowest BCUT2D eigenvalue weighted by molar-refractivity contribution is 0.0966. The molecule has 2 aliphatic heterocycles. The first-order valence-electron chi connectivity index (χ1n) is 12.8. The minimum Gasteiger partial charge on any atom is -0.391 e. The molecule has 0 radical (unpaired) electrons. The highest BCUT2D eigenvalue weighted by Crippen LogP contribution is 2.36. The van der Waals surface area contributed by atoms with Gasteiger partial charge in [0.05, 0.1) is 40.6 Å². The molecular formula is C28H30FN7O2. The zero-order valence-corrected chi connectivity index (χ0v) is 21.4. The van der Waals surface area contributed by atoms with Gasteiger partial charge in [-0.05, 0) is 56.8 Å². The lowest BCUT2D eigenvalue weighted by Gasteiger charge is -2.33. The van der Waals surface area contributed by atoms with E-state index in [1.165, 1.54) is 12.1 Å². The maximum atomic E-state index is 13.7. The Hall–Kier alpha value is -4.02. The normalized spacial score (nSPS) is 17.2. The number of anilines is 3. The van der Waals surface area contributed by atoms with E-state index in [9.17, 15) is 14.3 Å². The van der Waals surface area contributed by atoms with Crippen molar-refractivity contribution in [3.8, 4) is 11.3 Å². The Morgan fingerprint density at radius 3 is 2.92 bits per heavy atom. The Bertz CT molecular complexity index is 1530. The number of aliphatic hydroxyl groups excluding tert-OH is 1. The van der Waals surface area contributed by atoms with Gasteiger partial charge in [-0.3, -0.25) is 9.20 Å². The van der Waals surface area contributed by atoms with E-state index >= 15 is 0 Å². The molecule has 196 valence electrons. The minimum atomic E-state index is -0.347. The van der Waals surface area contributed by atoms with Gasteiger partial charge in [-0.1, -0.05) is 6.07 Å². The molecular weight excluding hydrogens is 485 g/mol.